The molecule has 0 spiro atoms. The van der Waals surface area contributed by atoms with Crippen molar-refractivity contribution in [1.82, 2.24) is 9.80 Å². The molecule has 160 valence electrons. The Hall–Kier alpha value is -2.37. The number of nitrogens with one attached hydrogen (secondary N) is 1. The minimum Gasteiger partial charge on any atom is -0.336 e. The van der Waals surface area contributed by atoms with Gasteiger partial charge in [0.1, 0.15) is 0 Å². The van der Waals surface area contributed by atoms with Crippen LogP contribution in [0.15, 0.2) is 48.5 Å². The number of anilines is 1. The Morgan fingerprint density at radius 3 is 2.27 bits per heavy atom. The van der Waals surface area contributed by atoms with Crippen molar-refractivity contribution < 1.29 is 9.59 Å². The predicted molar refractivity (Wildman–Crippen MR) is 122 cm³/mol. The molecule has 5 nitrogen and oxygen atoms in total. The van der Waals surface area contributed by atoms with E-state index in [-0.39, 0.29) is 11.8 Å². The maximum absolute atomic E-state index is 12.8. The zero-order chi connectivity index (χ0) is 21.3. The van der Waals surface area contributed by atoms with Gasteiger partial charge in [0.25, 0.3) is 5.91 Å². The van der Waals surface area contributed by atoms with Crippen LogP contribution in [0, 0.1) is 0 Å². The highest BCUT2D eigenvalue weighted by atomic mass is 35.5. The number of carbonyl (C=O) groups excluding carboxylic acids is 2. The minimum absolute atomic E-state index is 0.0191. The molecular formula is C24H30ClN3O2. The van der Waals surface area contributed by atoms with Crippen LogP contribution < -0.4 is 5.32 Å². The highest BCUT2D eigenvalue weighted by Gasteiger charge is 2.22. The first-order valence-corrected chi connectivity index (χ1v) is 11.1. The summed E-state index contributed by atoms with van der Waals surface area (Å²) < 4.78 is 0. The number of benzene rings is 2. The van der Waals surface area contributed by atoms with Crippen molar-refractivity contribution in [2.24, 2.45) is 0 Å². The average molecular weight is 428 g/mol. The van der Waals surface area contributed by atoms with Crippen LogP contribution in [0.25, 0.3) is 0 Å². The van der Waals surface area contributed by atoms with Gasteiger partial charge in [-0.2, -0.15) is 0 Å². The molecule has 30 heavy (non-hydrogen) atoms. The first-order chi connectivity index (χ1) is 14.5. The highest BCUT2D eigenvalue weighted by molar-refractivity contribution is 6.30. The van der Waals surface area contributed by atoms with E-state index in [1.807, 2.05) is 17.0 Å². The number of rotatable bonds is 8. The van der Waals surface area contributed by atoms with Gasteiger partial charge in [0.15, 0.2) is 0 Å². The van der Waals surface area contributed by atoms with Gasteiger partial charge in [-0.25, -0.2) is 0 Å². The van der Waals surface area contributed by atoms with Crippen LogP contribution in [-0.4, -0.2) is 54.3 Å². The van der Waals surface area contributed by atoms with Crippen LogP contribution in [0.2, 0.25) is 5.02 Å². The third-order valence-electron chi connectivity index (χ3n) is 5.46. The average Bonchev–Trinajstić information content (AvgIpc) is 2.78. The van der Waals surface area contributed by atoms with Gasteiger partial charge >= 0.3 is 0 Å². The lowest BCUT2D eigenvalue weighted by molar-refractivity contribution is -0.116. The molecule has 0 saturated carbocycles. The quantitative estimate of drug-likeness (QED) is 0.676. The first-order valence-electron chi connectivity index (χ1n) is 10.7. The molecule has 1 fully saturated rings. The Balaban J connectivity index is 1.44. The molecule has 2 aromatic rings. The number of hydrogen-bond acceptors (Lipinski definition) is 3. The topological polar surface area (TPSA) is 52.7 Å². The van der Waals surface area contributed by atoms with Gasteiger partial charge in [0.05, 0.1) is 0 Å². The Morgan fingerprint density at radius 2 is 1.63 bits per heavy atom. The van der Waals surface area contributed by atoms with Crippen molar-refractivity contribution in [3.63, 3.8) is 0 Å². The van der Waals surface area contributed by atoms with Gasteiger partial charge in [-0.15, -0.1) is 0 Å². The van der Waals surface area contributed by atoms with Gasteiger partial charge < -0.3 is 10.2 Å². The second kappa shape index (κ2) is 11.1. The lowest BCUT2D eigenvalue weighted by Crippen LogP contribution is -2.49. The van der Waals surface area contributed by atoms with E-state index in [2.05, 4.69) is 29.3 Å². The summed E-state index contributed by atoms with van der Waals surface area (Å²) in [4.78, 5) is 28.9. The van der Waals surface area contributed by atoms with Gasteiger partial charge in [0.2, 0.25) is 5.91 Å². The summed E-state index contributed by atoms with van der Waals surface area (Å²) in [6.45, 7) is 6.27. The van der Waals surface area contributed by atoms with Crippen LogP contribution in [0.4, 0.5) is 5.69 Å². The molecule has 2 aromatic carbocycles. The second-order valence-corrected chi connectivity index (χ2v) is 8.18. The summed E-state index contributed by atoms with van der Waals surface area (Å²) >= 11 is 5.94. The van der Waals surface area contributed by atoms with Crippen molar-refractivity contribution >= 4 is 29.1 Å². The monoisotopic (exact) mass is 427 g/mol. The molecule has 1 N–H and O–H groups in total. The van der Waals surface area contributed by atoms with E-state index in [9.17, 15) is 9.59 Å². The van der Waals surface area contributed by atoms with E-state index in [1.54, 1.807) is 24.3 Å². The van der Waals surface area contributed by atoms with E-state index >= 15 is 0 Å². The molecule has 1 saturated heterocycles. The molecule has 1 aliphatic rings. The standard InChI is InChI=1S/C24H30ClN3O2/c1-2-3-4-23(29)26-22-11-7-20(8-12-22)24(30)28-17-15-27(16-18-28)14-13-19-5-9-21(25)10-6-19/h5-12H,2-4,13-18H2,1H3,(H,26,29). The fourth-order valence-corrected chi connectivity index (χ4v) is 3.68. The van der Waals surface area contributed by atoms with Crippen LogP contribution in [0.5, 0.6) is 0 Å². The maximum Gasteiger partial charge on any atom is 0.253 e. The van der Waals surface area contributed by atoms with E-state index in [0.29, 0.717) is 12.0 Å². The summed E-state index contributed by atoms with van der Waals surface area (Å²) in [7, 11) is 0. The Morgan fingerprint density at radius 1 is 0.967 bits per heavy atom. The molecule has 0 atom stereocenters. The summed E-state index contributed by atoms with van der Waals surface area (Å²) in [5, 5.41) is 3.64. The van der Waals surface area contributed by atoms with Crippen LogP contribution >= 0.6 is 11.6 Å². The van der Waals surface area contributed by atoms with Crippen LogP contribution in [0.3, 0.4) is 0 Å². The van der Waals surface area contributed by atoms with Gasteiger partial charge in [-0.3, -0.25) is 14.5 Å². The number of hydrogen-bond donors (Lipinski definition) is 1. The zero-order valence-electron chi connectivity index (χ0n) is 17.6. The fourth-order valence-electron chi connectivity index (χ4n) is 3.55. The van der Waals surface area contributed by atoms with Crippen LogP contribution in [-0.2, 0) is 11.2 Å². The van der Waals surface area contributed by atoms with Gasteiger partial charge in [-0.1, -0.05) is 37.1 Å². The number of nitrogens with zero attached hydrogens (tertiary/aromatic N) is 2. The lowest BCUT2D eigenvalue weighted by Gasteiger charge is -2.34. The summed E-state index contributed by atoms with van der Waals surface area (Å²) in [5.41, 5.74) is 2.68. The molecule has 6 heteroatoms. The summed E-state index contributed by atoms with van der Waals surface area (Å²) in [5.74, 6) is 0.0712. The van der Waals surface area contributed by atoms with Crippen LogP contribution in [0.1, 0.15) is 42.1 Å². The van der Waals surface area contributed by atoms with E-state index in [4.69, 9.17) is 11.6 Å². The minimum atomic E-state index is 0.0191. The predicted octanol–water partition coefficient (Wildman–Crippen LogP) is 4.47. The fraction of sp³-hybridized carbons (Fsp3) is 0.417. The first kappa shape index (κ1) is 22.3. The smallest absolute Gasteiger partial charge is 0.253 e. The molecule has 0 unspecified atom stereocenters. The van der Waals surface area contributed by atoms with E-state index in [1.165, 1.54) is 5.56 Å². The second-order valence-electron chi connectivity index (χ2n) is 7.74. The molecule has 0 aromatic heterocycles. The normalized spacial score (nSPS) is 14.5. The van der Waals surface area contributed by atoms with Crippen molar-refractivity contribution in [3.05, 3.63) is 64.7 Å². The number of halogens is 1. The van der Waals surface area contributed by atoms with Gasteiger partial charge in [0, 0.05) is 55.4 Å². The molecule has 1 heterocycles. The Kier molecular flexibility index (Phi) is 8.29. The number of piperazine rings is 1. The Bertz CT molecular complexity index is 829. The van der Waals surface area contributed by atoms with Crippen molar-refractivity contribution in [2.75, 3.05) is 38.0 Å². The summed E-state index contributed by atoms with van der Waals surface area (Å²) in [6, 6.07) is 15.2. The zero-order valence-corrected chi connectivity index (χ0v) is 18.3. The van der Waals surface area contributed by atoms with Crippen molar-refractivity contribution in [2.45, 2.75) is 32.6 Å². The van der Waals surface area contributed by atoms with Crippen molar-refractivity contribution in [3.8, 4) is 0 Å². The van der Waals surface area contributed by atoms with Crippen molar-refractivity contribution in [1.29, 1.82) is 0 Å². The number of unbranched alkanes of at least 4 members (excludes halogenated alkanes) is 1. The third kappa shape index (κ3) is 6.57. The number of amides is 2. The van der Waals surface area contributed by atoms with E-state index < -0.39 is 0 Å². The molecule has 0 bridgehead atoms. The SMILES string of the molecule is CCCCC(=O)Nc1ccc(C(=O)N2CCN(CCc3ccc(Cl)cc3)CC2)cc1. The largest absolute Gasteiger partial charge is 0.336 e. The van der Waals surface area contributed by atoms with E-state index in [0.717, 1.165) is 62.7 Å². The maximum atomic E-state index is 12.8. The summed E-state index contributed by atoms with van der Waals surface area (Å²) in [6.07, 6.45) is 3.39. The molecule has 0 radical (unpaired) electrons. The molecule has 1 aliphatic heterocycles. The highest BCUT2D eigenvalue weighted by Crippen LogP contribution is 2.15. The number of carbonyl (C=O) groups is 2. The molecule has 0 aliphatic carbocycles. The molecule has 3 rings (SSSR count). The molecule has 2 amide bonds. The molecular weight excluding hydrogens is 398 g/mol. The lowest BCUT2D eigenvalue weighted by atomic mass is 10.1. The third-order valence-corrected chi connectivity index (χ3v) is 5.71. The van der Waals surface area contributed by atoms with Gasteiger partial charge in [-0.05, 0) is 54.8 Å². The Labute approximate surface area is 184 Å².